The quantitative estimate of drug-likeness (QED) is 0.461. The van der Waals surface area contributed by atoms with E-state index in [1.807, 2.05) is 25.1 Å². The molecule has 1 fully saturated rings. The van der Waals surface area contributed by atoms with Crippen LogP contribution in [0, 0.1) is 11.8 Å². The highest BCUT2D eigenvalue weighted by molar-refractivity contribution is 6.31. The summed E-state index contributed by atoms with van der Waals surface area (Å²) in [4.78, 5) is 11.4. The van der Waals surface area contributed by atoms with Gasteiger partial charge in [-0.3, -0.25) is 9.69 Å². The topological polar surface area (TPSA) is 40.5 Å². The Kier molecular flexibility index (Phi) is 12.3. The molecule has 7 heteroatoms. The molecule has 1 saturated heterocycles. The Morgan fingerprint density at radius 3 is 2.00 bits per heavy atom. The van der Waals surface area contributed by atoms with E-state index in [9.17, 15) is 13.2 Å². The maximum atomic E-state index is 11.8. The number of carboxylic acids is 1. The molecule has 33 heavy (non-hydrogen) atoms. The first-order valence-electron chi connectivity index (χ1n) is 10.5. The standard InChI is InChI=1S/C17H20ClN.C7H5F3.C2H4O2/c1-14(2)10-11-17(19-12-6-3-7-13-19)15-8-4-5-9-16(15)18;8-7(9,10)6-4-2-1-3-5-6;1-2(3)4/h4-5,8-9,17H,1,3,6-7,12-13H2,2H3;1-5H;1H3,(H,3,4). The van der Waals surface area contributed by atoms with E-state index in [1.54, 1.807) is 6.07 Å². The minimum absolute atomic E-state index is 0.0886. The molecule has 0 aromatic heterocycles. The van der Waals surface area contributed by atoms with Crippen molar-refractivity contribution in [2.45, 2.75) is 45.3 Å². The number of aliphatic carboxylic acids is 1. The molecule has 0 aliphatic carbocycles. The van der Waals surface area contributed by atoms with Gasteiger partial charge in [-0.2, -0.15) is 13.2 Å². The molecule has 1 aliphatic heterocycles. The van der Waals surface area contributed by atoms with Gasteiger partial charge in [0.05, 0.1) is 11.6 Å². The molecule has 2 aromatic carbocycles. The highest BCUT2D eigenvalue weighted by Gasteiger charge is 2.29. The number of carbonyl (C=O) groups is 1. The third kappa shape index (κ3) is 11.6. The SMILES string of the molecule is C=C(C)C#CC(c1ccccc1Cl)N1CCCCC1.CC(=O)O.FC(F)(F)c1ccccc1. The molecule has 1 unspecified atom stereocenters. The van der Waals surface area contributed by atoms with E-state index in [4.69, 9.17) is 21.5 Å². The predicted octanol–water partition coefficient (Wildman–Crippen LogP) is 7.24. The van der Waals surface area contributed by atoms with E-state index in [0.29, 0.717) is 0 Å². The summed E-state index contributed by atoms with van der Waals surface area (Å²) in [5.74, 6) is 5.63. The second-order valence-corrected chi connectivity index (χ2v) is 7.86. The normalized spacial score (nSPS) is 14.2. The first-order valence-corrected chi connectivity index (χ1v) is 10.9. The minimum atomic E-state index is -4.21. The summed E-state index contributed by atoms with van der Waals surface area (Å²) in [6.07, 6.45) is -0.397. The number of nitrogens with zero attached hydrogens (tertiary/aromatic N) is 1. The summed E-state index contributed by atoms with van der Waals surface area (Å²) >= 11 is 6.34. The van der Waals surface area contributed by atoms with Crippen LogP contribution < -0.4 is 0 Å². The van der Waals surface area contributed by atoms with E-state index in [0.717, 1.165) is 48.3 Å². The Labute approximate surface area is 198 Å². The predicted molar refractivity (Wildman–Crippen MR) is 127 cm³/mol. The van der Waals surface area contributed by atoms with Gasteiger partial charge in [0.25, 0.3) is 5.97 Å². The van der Waals surface area contributed by atoms with Crippen molar-refractivity contribution in [1.82, 2.24) is 4.90 Å². The number of piperidine rings is 1. The molecular formula is C26H29ClF3NO2. The van der Waals surface area contributed by atoms with E-state index in [2.05, 4.69) is 29.4 Å². The summed E-state index contributed by atoms with van der Waals surface area (Å²) in [6.45, 7) is 9.08. The molecule has 1 atom stereocenters. The molecule has 1 N–H and O–H groups in total. The second kappa shape index (κ2) is 14.4. The van der Waals surface area contributed by atoms with Crippen LogP contribution in [0.2, 0.25) is 5.02 Å². The van der Waals surface area contributed by atoms with Crippen LogP contribution in [0.4, 0.5) is 13.2 Å². The molecule has 178 valence electrons. The molecule has 2 aromatic rings. The van der Waals surface area contributed by atoms with Crippen LogP contribution in [-0.4, -0.2) is 29.1 Å². The van der Waals surface area contributed by atoms with Gasteiger partial charge in [-0.15, -0.1) is 0 Å². The Bertz CT molecular complexity index is 939. The lowest BCUT2D eigenvalue weighted by atomic mass is 10.0. The van der Waals surface area contributed by atoms with Gasteiger partial charge in [-0.1, -0.05) is 85.0 Å². The zero-order chi connectivity index (χ0) is 24.9. The summed E-state index contributed by atoms with van der Waals surface area (Å²) < 4.78 is 35.4. The van der Waals surface area contributed by atoms with Crippen LogP contribution in [0.15, 0.2) is 66.7 Å². The van der Waals surface area contributed by atoms with Crippen LogP contribution in [0.1, 0.15) is 50.3 Å². The summed E-state index contributed by atoms with van der Waals surface area (Å²) in [5.41, 5.74) is 1.41. The first-order chi connectivity index (χ1) is 15.5. The van der Waals surface area contributed by atoms with Crippen molar-refractivity contribution in [1.29, 1.82) is 0 Å². The number of hydrogen-bond donors (Lipinski definition) is 1. The van der Waals surface area contributed by atoms with Crippen molar-refractivity contribution in [2.24, 2.45) is 0 Å². The molecule has 1 aliphatic rings. The number of halogens is 4. The fraction of sp³-hybridized carbons (Fsp3) is 0.346. The summed E-state index contributed by atoms with van der Waals surface area (Å²) in [5, 5.41) is 8.22. The van der Waals surface area contributed by atoms with Crippen LogP contribution in [0.3, 0.4) is 0 Å². The van der Waals surface area contributed by atoms with Gasteiger partial charge in [-0.05, 0) is 50.1 Å². The molecule has 3 nitrogen and oxygen atoms in total. The monoisotopic (exact) mass is 479 g/mol. The van der Waals surface area contributed by atoms with Crippen LogP contribution in [0.5, 0.6) is 0 Å². The van der Waals surface area contributed by atoms with Gasteiger partial charge in [0.15, 0.2) is 0 Å². The Morgan fingerprint density at radius 2 is 1.55 bits per heavy atom. The van der Waals surface area contributed by atoms with Crippen molar-refractivity contribution in [3.05, 3.63) is 82.9 Å². The van der Waals surface area contributed by atoms with E-state index >= 15 is 0 Å². The smallest absolute Gasteiger partial charge is 0.416 e. The highest BCUT2D eigenvalue weighted by Crippen LogP contribution is 2.29. The molecular weight excluding hydrogens is 451 g/mol. The number of rotatable bonds is 2. The molecule has 0 bridgehead atoms. The number of allylic oxidation sites excluding steroid dienone is 1. The van der Waals surface area contributed by atoms with Crippen molar-refractivity contribution < 1.29 is 23.1 Å². The molecule has 0 amide bonds. The summed E-state index contributed by atoms with van der Waals surface area (Å²) in [7, 11) is 0. The third-order valence-electron chi connectivity index (χ3n) is 4.48. The van der Waals surface area contributed by atoms with E-state index < -0.39 is 17.7 Å². The Balaban J connectivity index is 0.000000325. The summed E-state index contributed by atoms with van der Waals surface area (Å²) in [6, 6.07) is 14.5. The fourth-order valence-electron chi connectivity index (χ4n) is 3.06. The largest absolute Gasteiger partial charge is 0.481 e. The van der Waals surface area contributed by atoms with Crippen LogP contribution in [0.25, 0.3) is 0 Å². The molecule has 0 radical (unpaired) electrons. The second-order valence-electron chi connectivity index (χ2n) is 7.45. The zero-order valence-corrected chi connectivity index (χ0v) is 19.6. The third-order valence-corrected chi connectivity index (χ3v) is 4.82. The van der Waals surface area contributed by atoms with Crippen LogP contribution >= 0.6 is 11.6 Å². The van der Waals surface area contributed by atoms with Gasteiger partial charge in [0, 0.05) is 11.9 Å². The van der Waals surface area contributed by atoms with E-state index in [-0.39, 0.29) is 6.04 Å². The van der Waals surface area contributed by atoms with Gasteiger partial charge < -0.3 is 5.11 Å². The maximum absolute atomic E-state index is 11.8. The zero-order valence-electron chi connectivity index (χ0n) is 18.8. The van der Waals surface area contributed by atoms with E-state index in [1.165, 1.54) is 31.4 Å². The lowest BCUT2D eigenvalue weighted by Gasteiger charge is -2.32. The van der Waals surface area contributed by atoms with Crippen molar-refractivity contribution in [2.75, 3.05) is 13.1 Å². The van der Waals surface area contributed by atoms with Crippen molar-refractivity contribution >= 4 is 17.6 Å². The maximum Gasteiger partial charge on any atom is 0.416 e. The number of hydrogen-bond acceptors (Lipinski definition) is 2. The van der Waals surface area contributed by atoms with Crippen molar-refractivity contribution in [3.63, 3.8) is 0 Å². The number of benzene rings is 2. The number of alkyl halides is 3. The minimum Gasteiger partial charge on any atom is -0.481 e. The number of carboxylic acid groups (broad SMARTS) is 1. The molecule has 0 spiro atoms. The average molecular weight is 480 g/mol. The molecule has 0 saturated carbocycles. The van der Waals surface area contributed by atoms with Gasteiger partial charge in [0.2, 0.25) is 0 Å². The molecule has 1 heterocycles. The lowest BCUT2D eigenvalue weighted by Crippen LogP contribution is -2.33. The first kappa shape index (κ1) is 28.3. The van der Waals surface area contributed by atoms with Gasteiger partial charge in [0.1, 0.15) is 0 Å². The van der Waals surface area contributed by atoms with Crippen molar-refractivity contribution in [3.8, 4) is 11.8 Å². The van der Waals surface area contributed by atoms with Gasteiger partial charge >= 0.3 is 6.18 Å². The highest BCUT2D eigenvalue weighted by atomic mass is 35.5. The fourth-order valence-corrected chi connectivity index (χ4v) is 3.30. The number of likely N-dealkylation sites (tertiary alicyclic amines) is 1. The Hall–Kier alpha value is -2.75. The lowest BCUT2D eigenvalue weighted by molar-refractivity contribution is -0.137. The average Bonchev–Trinajstić information content (AvgIpc) is 2.76. The van der Waals surface area contributed by atoms with Crippen LogP contribution in [-0.2, 0) is 11.0 Å². The Morgan fingerprint density at radius 1 is 1.03 bits per heavy atom. The molecule has 3 rings (SSSR count). The van der Waals surface area contributed by atoms with Gasteiger partial charge in [-0.25, -0.2) is 0 Å².